The Morgan fingerprint density at radius 2 is 0.794 bits per heavy atom. The van der Waals surface area contributed by atoms with Gasteiger partial charge in [-0.05, 0) is 52.6 Å². The second-order valence-corrected chi connectivity index (χ2v) is 16.0. The molecule has 0 spiro atoms. The third-order valence-corrected chi connectivity index (χ3v) is 12.4. The minimum Gasteiger partial charge on any atom is -0.454 e. The molecule has 63 heavy (non-hydrogen) atoms. The molecule has 0 bridgehead atoms. The number of rotatable bonds is 6. The van der Waals surface area contributed by atoms with Gasteiger partial charge in [0.15, 0.2) is 17.2 Å². The molecule has 4 aromatic heterocycles. The standard InChI is InChI=1S/C57H35N5O/c1-4-15-36(16-5-1)38-27-29-40(30-28-38)56-58-55(39-19-8-3-9-20-39)59-57(60-56)62-49-25-13-11-22-43(49)45-33-32-44-42-21-10-12-24-48(42)61(52(44)53(45)62)50-26-14-23-46-47-35-41(37-17-6-2-7-18-37)31-34-51(47)63-54(46)50/h1-35H. The monoisotopic (exact) mass is 805 g/mol. The Morgan fingerprint density at radius 1 is 0.317 bits per heavy atom. The molecule has 9 aromatic carbocycles. The predicted molar refractivity (Wildman–Crippen MR) is 258 cm³/mol. The first-order valence-corrected chi connectivity index (χ1v) is 21.2. The first-order valence-electron chi connectivity index (χ1n) is 21.2. The highest BCUT2D eigenvalue weighted by Gasteiger charge is 2.25. The van der Waals surface area contributed by atoms with Gasteiger partial charge in [0.25, 0.3) is 0 Å². The van der Waals surface area contributed by atoms with Crippen molar-refractivity contribution in [2.75, 3.05) is 0 Å². The van der Waals surface area contributed by atoms with E-state index in [2.05, 4.69) is 197 Å². The average Bonchev–Trinajstić information content (AvgIpc) is 4.02. The van der Waals surface area contributed by atoms with Gasteiger partial charge in [-0.25, -0.2) is 4.98 Å². The van der Waals surface area contributed by atoms with Crippen LogP contribution in [0, 0.1) is 0 Å². The zero-order valence-electron chi connectivity index (χ0n) is 33.9. The summed E-state index contributed by atoms with van der Waals surface area (Å²) in [5.74, 6) is 1.74. The lowest BCUT2D eigenvalue weighted by molar-refractivity contribution is 0.666. The fraction of sp³-hybridized carbons (Fsp3) is 0. The molecule has 0 fully saturated rings. The zero-order valence-corrected chi connectivity index (χ0v) is 33.9. The van der Waals surface area contributed by atoms with Gasteiger partial charge in [-0.1, -0.05) is 182 Å². The summed E-state index contributed by atoms with van der Waals surface area (Å²) < 4.78 is 11.5. The van der Waals surface area contributed by atoms with Crippen LogP contribution in [0.1, 0.15) is 0 Å². The van der Waals surface area contributed by atoms with E-state index in [-0.39, 0.29) is 0 Å². The summed E-state index contributed by atoms with van der Waals surface area (Å²) in [5, 5.41) is 6.61. The molecule has 0 saturated heterocycles. The molecule has 0 aliphatic heterocycles. The molecule has 0 unspecified atom stereocenters. The van der Waals surface area contributed by atoms with Gasteiger partial charge >= 0.3 is 0 Å². The molecule has 6 heteroatoms. The van der Waals surface area contributed by atoms with Crippen LogP contribution in [0.5, 0.6) is 0 Å². The van der Waals surface area contributed by atoms with E-state index in [1.54, 1.807) is 0 Å². The van der Waals surface area contributed by atoms with E-state index in [1.165, 1.54) is 5.56 Å². The molecule has 0 atom stereocenters. The van der Waals surface area contributed by atoms with Crippen LogP contribution >= 0.6 is 0 Å². The van der Waals surface area contributed by atoms with Crippen LogP contribution in [0.3, 0.4) is 0 Å². The van der Waals surface area contributed by atoms with Crippen molar-refractivity contribution in [3.8, 4) is 56.7 Å². The Labute approximate surface area is 361 Å². The summed E-state index contributed by atoms with van der Waals surface area (Å²) in [6.45, 7) is 0. The van der Waals surface area contributed by atoms with Crippen molar-refractivity contribution in [3.05, 3.63) is 212 Å². The smallest absolute Gasteiger partial charge is 0.238 e. The first-order chi connectivity index (χ1) is 31.2. The second-order valence-electron chi connectivity index (χ2n) is 16.0. The van der Waals surface area contributed by atoms with Crippen molar-refractivity contribution in [1.29, 1.82) is 0 Å². The van der Waals surface area contributed by atoms with Gasteiger partial charge in [-0.3, -0.25) is 4.57 Å². The lowest BCUT2D eigenvalue weighted by atomic mass is 10.0. The van der Waals surface area contributed by atoms with E-state index >= 15 is 0 Å². The maximum absolute atomic E-state index is 6.89. The number of hydrogen-bond donors (Lipinski definition) is 0. The normalized spacial score (nSPS) is 11.8. The Bertz CT molecular complexity index is 3890. The van der Waals surface area contributed by atoms with Gasteiger partial charge < -0.3 is 8.98 Å². The molecule has 0 saturated carbocycles. The van der Waals surface area contributed by atoms with Crippen molar-refractivity contribution in [2.45, 2.75) is 0 Å². The molecule has 294 valence electrons. The van der Waals surface area contributed by atoms with E-state index < -0.39 is 0 Å². The number of hydrogen-bond acceptors (Lipinski definition) is 4. The van der Waals surface area contributed by atoms with E-state index in [1.807, 2.05) is 24.3 Å². The van der Waals surface area contributed by atoms with E-state index in [9.17, 15) is 0 Å². The molecule has 0 radical (unpaired) electrons. The van der Waals surface area contributed by atoms with Gasteiger partial charge in [0.05, 0.1) is 27.8 Å². The Kier molecular flexibility index (Phi) is 7.80. The highest BCUT2D eigenvalue weighted by atomic mass is 16.3. The minimum absolute atomic E-state index is 0.539. The number of furan rings is 1. The molecule has 13 rings (SSSR count). The van der Waals surface area contributed by atoms with Gasteiger partial charge in [0.1, 0.15) is 5.58 Å². The van der Waals surface area contributed by atoms with Crippen LogP contribution in [0.2, 0.25) is 0 Å². The van der Waals surface area contributed by atoms with Gasteiger partial charge in [-0.15, -0.1) is 0 Å². The summed E-state index contributed by atoms with van der Waals surface area (Å²) in [7, 11) is 0. The quantitative estimate of drug-likeness (QED) is 0.168. The first kappa shape index (κ1) is 35.2. The second kappa shape index (κ2) is 14.0. The Balaban J connectivity index is 1.11. The lowest BCUT2D eigenvalue weighted by Crippen LogP contribution is -2.07. The molecule has 0 N–H and O–H groups in total. The molecule has 0 aliphatic rings. The van der Waals surface area contributed by atoms with Crippen LogP contribution in [0.15, 0.2) is 217 Å². The fourth-order valence-corrected chi connectivity index (χ4v) is 9.48. The van der Waals surface area contributed by atoms with Crippen LogP contribution in [-0.4, -0.2) is 24.1 Å². The van der Waals surface area contributed by atoms with Crippen LogP contribution in [0.4, 0.5) is 0 Å². The molecule has 0 amide bonds. The molecule has 13 aromatic rings. The largest absolute Gasteiger partial charge is 0.454 e. The molecular weight excluding hydrogens is 771 g/mol. The third-order valence-electron chi connectivity index (χ3n) is 12.4. The van der Waals surface area contributed by atoms with Gasteiger partial charge in [0, 0.05) is 43.4 Å². The van der Waals surface area contributed by atoms with E-state index in [0.29, 0.717) is 17.6 Å². The number of aromatic nitrogens is 5. The van der Waals surface area contributed by atoms with Crippen LogP contribution in [0.25, 0.3) is 122 Å². The summed E-state index contributed by atoms with van der Waals surface area (Å²) in [4.78, 5) is 15.8. The lowest BCUT2D eigenvalue weighted by Gasteiger charge is -2.13. The third kappa shape index (κ3) is 5.55. The zero-order chi connectivity index (χ0) is 41.4. The van der Waals surface area contributed by atoms with Crippen LogP contribution in [-0.2, 0) is 0 Å². The number of benzene rings is 9. The SMILES string of the molecule is c1ccc(-c2ccc(-c3nc(-c4ccccc4)nc(-n4c5ccccc5c5ccc6c7ccccc7n(-c7cccc8c7oc7ccc(-c9ccccc9)cc78)c6c54)n3)cc2)cc1. The van der Waals surface area contributed by atoms with E-state index in [4.69, 9.17) is 19.4 Å². The molecule has 0 aliphatic carbocycles. The fourth-order valence-electron chi connectivity index (χ4n) is 9.48. The topological polar surface area (TPSA) is 61.7 Å². The maximum Gasteiger partial charge on any atom is 0.238 e. The molecule has 4 heterocycles. The minimum atomic E-state index is 0.539. The maximum atomic E-state index is 6.89. The van der Waals surface area contributed by atoms with Crippen molar-refractivity contribution in [3.63, 3.8) is 0 Å². The highest BCUT2D eigenvalue weighted by molar-refractivity contribution is 6.24. The van der Waals surface area contributed by atoms with Crippen molar-refractivity contribution < 1.29 is 4.42 Å². The van der Waals surface area contributed by atoms with Crippen molar-refractivity contribution in [2.24, 2.45) is 0 Å². The number of fused-ring (bicyclic) bond motifs is 10. The summed E-state index contributed by atoms with van der Waals surface area (Å²) in [5.41, 5.74) is 13.2. The highest BCUT2D eigenvalue weighted by Crippen LogP contribution is 2.44. The average molecular weight is 806 g/mol. The van der Waals surface area contributed by atoms with Crippen molar-refractivity contribution in [1.82, 2.24) is 24.1 Å². The predicted octanol–water partition coefficient (Wildman–Crippen LogP) is 14.6. The summed E-state index contributed by atoms with van der Waals surface area (Å²) in [6, 6.07) is 74.3. The van der Waals surface area contributed by atoms with Crippen LogP contribution < -0.4 is 0 Å². The van der Waals surface area contributed by atoms with Gasteiger partial charge in [0.2, 0.25) is 5.95 Å². The number of nitrogens with zero attached hydrogens (tertiary/aromatic N) is 5. The van der Waals surface area contributed by atoms with Gasteiger partial charge in [-0.2, -0.15) is 9.97 Å². The Morgan fingerprint density at radius 3 is 1.44 bits per heavy atom. The molecule has 6 nitrogen and oxygen atoms in total. The van der Waals surface area contributed by atoms with E-state index in [0.717, 1.165) is 99.1 Å². The summed E-state index contributed by atoms with van der Waals surface area (Å²) >= 11 is 0. The molecular formula is C57H35N5O. The summed E-state index contributed by atoms with van der Waals surface area (Å²) in [6.07, 6.45) is 0. The Hall–Kier alpha value is -8.61. The number of para-hydroxylation sites is 3. The van der Waals surface area contributed by atoms with Crippen molar-refractivity contribution >= 4 is 65.6 Å².